The van der Waals surface area contributed by atoms with Gasteiger partial charge in [-0.05, 0) is 49.2 Å². The zero-order valence-electron chi connectivity index (χ0n) is 21.9. The van der Waals surface area contributed by atoms with E-state index < -0.39 is 0 Å². The molecule has 1 aliphatic heterocycles. The Balaban J connectivity index is 1.21. The fourth-order valence-corrected chi connectivity index (χ4v) is 5.63. The van der Waals surface area contributed by atoms with Crippen molar-refractivity contribution in [1.29, 1.82) is 0 Å². The van der Waals surface area contributed by atoms with Crippen molar-refractivity contribution in [1.82, 2.24) is 39.2 Å². The molecule has 2 amide bonds. The summed E-state index contributed by atoms with van der Waals surface area (Å²) in [6.45, 7) is 1.08. The van der Waals surface area contributed by atoms with Crippen molar-refractivity contribution in [3.8, 4) is 22.6 Å². The van der Waals surface area contributed by atoms with Gasteiger partial charge in [-0.15, -0.1) is 11.3 Å². The minimum Gasteiger partial charge on any atom is -0.364 e. The maximum absolute atomic E-state index is 13.8. The van der Waals surface area contributed by atoms with Crippen LogP contribution >= 0.6 is 11.3 Å². The number of amides is 2. The second-order valence-corrected chi connectivity index (χ2v) is 10.6. The number of likely N-dealkylation sites (tertiary alicyclic amines) is 1. The minimum absolute atomic E-state index is 0.0394. The zero-order chi connectivity index (χ0) is 28.6. The van der Waals surface area contributed by atoms with E-state index in [-0.39, 0.29) is 29.4 Å². The summed E-state index contributed by atoms with van der Waals surface area (Å²) in [5, 5.41) is 11.4. The quantitative estimate of drug-likeness (QED) is 0.301. The first-order chi connectivity index (χ1) is 20.5. The maximum atomic E-state index is 13.8. The smallest absolute Gasteiger partial charge is 0.276 e. The molecule has 0 spiro atoms. The highest BCUT2D eigenvalue weighted by atomic mass is 32.1. The lowest BCUT2D eigenvalue weighted by Gasteiger charge is -2.33. The maximum Gasteiger partial charge on any atom is 0.276 e. The van der Waals surface area contributed by atoms with Crippen molar-refractivity contribution in [2.24, 2.45) is 0 Å². The molecule has 210 valence electrons. The number of carbonyl (C=O) groups excluding carboxylic acids is 2. The number of hydrogen-bond donors (Lipinski definition) is 1. The first-order valence-corrected chi connectivity index (χ1v) is 14.0. The Kier molecular flexibility index (Phi) is 6.51. The fourth-order valence-electron chi connectivity index (χ4n) is 5.12. The lowest BCUT2D eigenvalue weighted by atomic mass is 10.0. The van der Waals surface area contributed by atoms with Crippen LogP contribution in [0.4, 0.5) is 10.2 Å². The van der Waals surface area contributed by atoms with Crippen LogP contribution < -0.4 is 5.32 Å². The Bertz CT molecular complexity index is 1870. The second-order valence-electron chi connectivity index (χ2n) is 9.73. The molecule has 0 radical (unpaired) electrons. The van der Waals surface area contributed by atoms with Gasteiger partial charge in [0.15, 0.2) is 17.2 Å². The summed E-state index contributed by atoms with van der Waals surface area (Å²) in [4.78, 5) is 40.7. The predicted molar refractivity (Wildman–Crippen MR) is 150 cm³/mol. The van der Waals surface area contributed by atoms with Gasteiger partial charge < -0.3 is 19.3 Å². The van der Waals surface area contributed by atoms with Gasteiger partial charge in [-0.1, -0.05) is 5.16 Å². The van der Waals surface area contributed by atoms with Gasteiger partial charge in [0, 0.05) is 30.8 Å². The molecule has 0 atom stereocenters. The number of nitrogens with zero attached hydrogens (tertiary/aromatic N) is 8. The van der Waals surface area contributed by atoms with Gasteiger partial charge in [0.05, 0.1) is 35.6 Å². The zero-order valence-corrected chi connectivity index (χ0v) is 22.7. The average molecular weight is 584 g/mol. The Morgan fingerprint density at radius 2 is 1.90 bits per heavy atom. The van der Waals surface area contributed by atoms with Gasteiger partial charge in [-0.3, -0.25) is 14.6 Å². The molecular formula is C28H22FN9O3S. The van der Waals surface area contributed by atoms with E-state index >= 15 is 0 Å². The molecule has 5 aromatic heterocycles. The normalized spacial score (nSPS) is 14.0. The Labute approximate surface area is 241 Å². The van der Waals surface area contributed by atoms with Gasteiger partial charge >= 0.3 is 0 Å². The standard InChI is InChI=1S/C28H22FN9O3S/c29-18-3-1-17(2-4-18)25-26(37(15-31-25)19-7-10-36(11-8-19)28(40)21-9-12-41-35-21)20-5-6-24-32-23(14-38(24)34-20)33-27(39)22-13-30-16-42-22/h1-6,9,12-16,19H,7-8,10-11H2,(H,33,39). The van der Waals surface area contributed by atoms with E-state index in [1.54, 1.807) is 45.6 Å². The molecule has 14 heteroatoms. The lowest BCUT2D eigenvalue weighted by molar-refractivity contribution is 0.0684. The van der Waals surface area contributed by atoms with Crippen molar-refractivity contribution >= 4 is 34.6 Å². The number of anilines is 1. The van der Waals surface area contributed by atoms with Crippen LogP contribution in [0.5, 0.6) is 0 Å². The first kappa shape index (κ1) is 25.7. The van der Waals surface area contributed by atoms with Crippen LogP contribution in [0, 0.1) is 5.82 Å². The SMILES string of the molecule is O=C(Nc1cn2nc(-c3c(-c4ccc(F)cc4)ncn3C3CCN(C(=O)c4ccon4)CC3)ccc2n1)c1cncs1. The summed E-state index contributed by atoms with van der Waals surface area (Å²) >= 11 is 1.24. The predicted octanol–water partition coefficient (Wildman–Crippen LogP) is 4.57. The second kappa shape index (κ2) is 10.6. The number of benzene rings is 1. The Hall–Kier alpha value is -5.24. The molecule has 7 rings (SSSR count). The minimum atomic E-state index is -0.338. The van der Waals surface area contributed by atoms with Crippen LogP contribution in [-0.4, -0.2) is 64.1 Å². The molecule has 0 bridgehead atoms. The van der Waals surface area contributed by atoms with Crippen molar-refractivity contribution in [2.75, 3.05) is 18.4 Å². The van der Waals surface area contributed by atoms with Crippen molar-refractivity contribution in [3.63, 3.8) is 0 Å². The third-order valence-corrected chi connectivity index (χ3v) is 7.95. The molecule has 0 aliphatic carbocycles. The highest BCUT2D eigenvalue weighted by molar-refractivity contribution is 7.11. The number of carbonyl (C=O) groups is 2. The average Bonchev–Trinajstić information content (AvgIpc) is 3.83. The van der Waals surface area contributed by atoms with Gasteiger partial charge in [0.25, 0.3) is 11.8 Å². The Morgan fingerprint density at radius 1 is 1.07 bits per heavy atom. The number of imidazole rings is 2. The number of halogens is 1. The number of nitrogens with one attached hydrogen (secondary N) is 1. The number of hydrogen-bond acceptors (Lipinski definition) is 9. The molecule has 1 fully saturated rings. The summed E-state index contributed by atoms with van der Waals surface area (Å²) in [5.41, 5.74) is 5.21. The first-order valence-electron chi connectivity index (χ1n) is 13.1. The summed E-state index contributed by atoms with van der Waals surface area (Å²) in [6.07, 6.45) is 7.68. The summed E-state index contributed by atoms with van der Waals surface area (Å²) < 4.78 is 22.3. The number of aromatic nitrogens is 7. The van der Waals surface area contributed by atoms with E-state index in [1.807, 2.05) is 12.1 Å². The van der Waals surface area contributed by atoms with Crippen molar-refractivity contribution in [2.45, 2.75) is 18.9 Å². The summed E-state index contributed by atoms with van der Waals surface area (Å²) in [6, 6.07) is 11.4. The molecule has 6 aromatic rings. The Morgan fingerprint density at radius 3 is 2.64 bits per heavy atom. The number of rotatable bonds is 6. The number of piperidine rings is 1. The molecule has 1 saturated heterocycles. The largest absolute Gasteiger partial charge is 0.364 e. The van der Waals surface area contributed by atoms with Crippen LogP contribution in [0.15, 0.2) is 77.5 Å². The van der Waals surface area contributed by atoms with Crippen LogP contribution in [0.25, 0.3) is 28.3 Å². The van der Waals surface area contributed by atoms with Crippen molar-refractivity contribution < 1.29 is 18.5 Å². The van der Waals surface area contributed by atoms with E-state index in [2.05, 4.69) is 25.0 Å². The molecule has 12 nitrogen and oxygen atoms in total. The molecule has 1 N–H and O–H groups in total. The summed E-state index contributed by atoms with van der Waals surface area (Å²) in [5.74, 6) is -0.444. The monoisotopic (exact) mass is 583 g/mol. The van der Waals surface area contributed by atoms with E-state index in [1.165, 1.54) is 35.9 Å². The van der Waals surface area contributed by atoms with Crippen LogP contribution in [0.3, 0.4) is 0 Å². The third kappa shape index (κ3) is 4.81. The topological polar surface area (TPSA) is 136 Å². The van der Waals surface area contributed by atoms with Crippen LogP contribution in [0.2, 0.25) is 0 Å². The fraction of sp³-hybridized carbons (Fsp3) is 0.179. The van der Waals surface area contributed by atoms with Gasteiger partial charge in [-0.25, -0.2) is 18.9 Å². The van der Waals surface area contributed by atoms with Gasteiger partial charge in [0.2, 0.25) is 0 Å². The van der Waals surface area contributed by atoms with Gasteiger partial charge in [0.1, 0.15) is 22.7 Å². The van der Waals surface area contributed by atoms with E-state index in [4.69, 9.17) is 14.6 Å². The number of fused-ring (bicyclic) bond motifs is 1. The van der Waals surface area contributed by atoms with E-state index in [0.29, 0.717) is 53.7 Å². The van der Waals surface area contributed by atoms with Gasteiger partial charge in [-0.2, -0.15) is 5.10 Å². The lowest BCUT2D eigenvalue weighted by Crippen LogP contribution is -2.39. The molecule has 42 heavy (non-hydrogen) atoms. The molecule has 0 saturated carbocycles. The molecular weight excluding hydrogens is 561 g/mol. The number of thiazole rings is 1. The van der Waals surface area contributed by atoms with Crippen molar-refractivity contribution in [3.05, 3.63) is 89.3 Å². The molecule has 1 aromatic carbocycles. The highest BCUT2D eigenvalue weighted by Crippen LogP contribution is 2.35. The highest BCUT2D eigenvalue weighted by Gasteiger charge is 2.29. The van der Waals surface area contributed by atoms with Crippen LogP contribution in [-0.2, 0) is 0 Å². The van der Waals surface area contributed by atoms with E-state index in [9.17, 15) is 14.0 Å². The molecule has 6 heterocycles. The van der Waals surface area contributed by atoms with Crippen LogP contribution in [0.1, 0.15) is 39.0 Å². The van der Waals surface area contributed by atoms with E-state index in [0.717, 1.165) is 11.3 Å². The summed E-state index contributed by atoms with van der Waals surface area (Å²) in [7, 11) is 0. The third-order valence-electron chi connectivity index (χ3n) is 7.17. The molecule has 0 unspecified atom stereocenters. The molecule has 1 aliphatic rings.